The van der Waals surface area contributed by atoms with E-state index in [1.807, 2.05) is 0 Å². The topological polar surface area (TPSA) is 66.8 Å². The van der Waals surface area contributed by atoms with E-state index in [2.05, 4.69) is 4.74 Å². The van der Waals surface area contributed by atoms with Crippen LogP contribution < -0.4 is 0 Å². The molecule has 0 fully saturated rings. The molecule has 0 radical (unpaired) electrons. The molecule has 3 unspecified atom stereocenters. The van der Waals surface area contributed by atoms with Gasteiger partial charge in [0.2, 0.25) is 11.5 Å². The molecule has 1 aliphatic rings. The first-order valence-electron chi connectivity index (χ1n) is 5.08. The molecule has 1 heterocycles. The van der Waals surface area contributed by atoms with E-state index in [0.717, 1.165) is 0 Å². The van der Waals surface area contributed by atoms with Crippen molar-refractivity contribution in [3.05, 3.63) is 11.8 Å². The molecule has 0 bridgehead atoms. The maximum atomic E-state index is 12.7. The van der Waals surface area contributed by atoms with Crippen LogP contribution in [0.4, 0.5) is 39.5 Å². The fourth-order valence-corrected chi connectivity index (χ4v) is 1.64. The molecule has 1 rings (SSSR count). The van der Waals surface area contributed by atoms with Gasteiger partial charge in [-0.1, -0.05) is 0 Å². The summed E-state index contributed by atoms with van der Waals surface area (Å²) >= 11 is 0. The van der Waals surface area contributed by atoms with Crippen LogP contribution in [-0.2, 0) is 9.53 Å². The number of carbonyl (C=O) groups is 1. The van der Waals surface area contributed by atoms with Gasteiger partial charge in [-0.05, 0) is 6.08 Å². The van der Waals surface area contributed by atoms with Crippen LogP contribution in [0.3, 0.4) is 0 Å². The first-order valence-corrected chi connectivity index (χ1v) is 5.08. The summed E-state index contributed by atoms with van der Waals surface area (Å²) in [7, 11) is 0. The molecule has 0 spiro atoms. The molecule has 0 aromatic heterocycles. The highest BCUT2D eigenvalue weighted by Gasteiger charge is 2.71. The SMILES string of the molecule is O=C(C1C(O)C=C(C(F)(F)F)OC1(O)C(F)(F)F)C(F)(F)F. The molecule has 2 N–H and O–H groups in total. The molecule has 0 saturated carbocycles. The average Bonchev–Trinajstić information content (AvgIpc) is 2.23. The van der Waals surface area contributed by atoms with Crippen molar-refractivity contribution in [2.45, 2.75) is 30.4 Å². The maximum Gasteiger partial charge on any atom is 0.456 e. The Morgan fingerprint density at radius 2 is 1.55 bits per heavy atom. The van der Waals surface area contributed by atoms with E-state index in [4.69, 9.17) is 10.2 Å². The lowest BCUT2D eigenvalue weighted by Gasteiger charge is -2.41. The van der Waals surface area contributed by atoms with E-state index >= 15 is 0 Å². The molecule has 3 atom stereocenters. The zero-order valence-electron chi connectivity index (χ0n) is 9.84. The van der Waals surface area contributed by atoms with Crippen LogP contribution in [0, 0.1) is 5.92 Å². The lowest BCUT2D eigenvalue weighted by molar-refractivity contribution is -0.390. The van der Waals surface area contributed by atoms with Gasteiger partial charge in [-0.15, -0.1) is 0 Å². The van der Waals surface area contributed by atoms with Crippen molar-refractivity contribution < 1.29 is 59.3 Å². The second-order valence-electron chi connectivity index (χ2n) is 4.16. The van der Waals surface area contributed by atoms with Gasteiger partial charge in [0.25, 0.3) is 0 Å². The molecular weight excluding hydrogens is 343 g/mol. The molecule has 4 nitrogen and oxygen atoms in total. The lowest BCUT2D eigenvalue weighted by Crippen LogP contribution is -2.63. The fourth-order valence-electron chi connectivity index (χ4n) is 1.64. The van der Waals surface area contributed by atoms with Gasteiger partial charge in [0.05, 0.1) is 6.10 Å². The first kappa shape index (κ1) is 18.5. The van der Waals surface area contributed by atoms with Gasteiger partial charge in [0.15, 0.2) is 0 Å². The fraction of sp³-hybridized carbons (Fsp3) is 0.667. The van der Waals surface area contributed by atoms with Crippen LogP contribution in [0.2, 0.25) is 0 Å². The van der Waals surface area contributed by atoms with Crippen molar-refractivity contribution in [1.82, 2.24) is 0 Å². The van der Waals surface area contributed by atoms with Crippen molar-refractivity contribution in [3.8, 4) is 0 Å². The number of halogens is 9. The summed E-state index contributed by atoms with van der Waals surface area (Å²) in [6.45, 7) is 0. The van der Waals surface area contributed by atoms with Crippen LogP contribution in [-0.4, -0.2) is 46.4 Å². The molecule has 0 aliphatic carbocycles. The third-order valence-electron chi connectivity index (χ3n) is 2.60. The van der Waals surface area contributed by atoms with Gasteiger partial charge in [-0.25, -0.2) is 0 Å². The predicted molar refractivity (Wildman–Crippen MR) is 46.8 cm³/mol. The Morgan fingerprint density at radius 1 is 1.09 bits per heavy atom. The van der Waals surface area contributed by atoms with E-state index < -0.39 is 54.0 Å². The van der Waals surface area contributed by atoms with Crippen molar-refractivity contribution in [2.24, 2.45) is 5.92 Å². The van der Waals surface area contributed by atoms with Crippen molar-refractivity contribution in [3.63, 3.8) is 0 Å². The highest BCUT2D eigenvalue weighted by Crippen LogP contribution is 2.48. The molecule has 1 aliphatic heterocycles. The first-order chi connectivity index (χ1) is 9.52. The Balaban J connectivity index is 3.47. The number of aliphatic hydroxyl groups excluding tert-OH is 1. The van der Waals surface area contributed by atoms with E-state index in [0.29, 0.717) is 0 Å². The highest BCUT2D eigenvalue weighted by atomic mass is 19.4. The summed E-state index contributed by atoms with van der Waals surface area (Å²) in [4.78, 5) is 10.9. The summed E-state index contributed by atoms with van der Waals surface area (Å²) in [5.41, 5.74) is 0. The van der Waals surface area contributed by atoms with Gasteiger partial charge in [0, 0.05) is 0 Å². The largest absolute Gasteiger partial charge is 0.456 e. The Bertz CT molecular complexity index is 489. The van der Waals surface area contributed by atoms with E-state index in [1.54, 1.807) is 0 Å². The Labute approximate surface area is 114 Å². The number of hydrogen-bond donors (Lipinski definition) is 2. The van der Waals surface area contributed by atoms with Crippen LogP contribution in [0.1, 0.15) is 0 Å². The quantitative estimate of drug-likeness (QED) is 0.710. The molecular formula is C9H5F9O4. The Morgan fingerprint density at radius 3 is 1.86 bits per heavy atom. The van der Waals surface area contributed by atoms with E-state index in [9.17, 15) is 44.3 Å². The smallest absolute Gasteiger partial charge is 0.448 e. The van der Waals surface area contributed by atoms with Crippen molar-refractivity contribution in [1.29, 1.82) is 0 Å². The standard InChI is InChI=1S/C9H5F9O4/c10-7(11,12)3-1-2(19)4(5(20)8(13,14)15)6(21,22-3)9(16,17)18/h1-2,4,19,21H. The molecule has 22 heavy (non-hydrogen) atoms. The van der Waals surface area contributed by atoms with Gasteiger partial charge >= 0.3 is 24.3 Å². The predicted octanol–water partition coefficient (Wildman–Crippen LogP) is 1.82. The minimum absolute atomic E-state index is 0.561. The van der Waals surface area contributed by atoms with Crippen molar-refractivity contribution >= 4 is 5.78 Å². The monoisotopic (exact) mass is 348 g/mol. The zero-order valence-corrected chi connectivity index (χ0v) is 9.84. The molecule has 0 saturated heterocycles. The Kier molecular flexibility index (Phi) is 4.22. The van der Waals surface area contributed by atoms with Gasteiger partial charge in [-0.2, -0.15) is 39.5 Å². The van der Waals surface area contributed by atoms with Crippen LogP contribution >= 0.6 is 0 Å². The summed E-state index contributed by atoms with van der Waals surface area (Å²) < 4.78 is 115. The zero-order chi connectivity index (χ0) is 17.7. The summed E-state index contributed by atoms with van der Waals surface area (Å²) in [5, 5.41) is 18.2. The summed E-state index contributed by atoms with van der Waals surface area (Å²) in [6, 6.07) is 0. The second-order valence-corrected chi connectivity index (χ2v) is 4.16. The second kappa shape index (κ2) is 5.01. The Hall–Kier alpha value is -1.50. The lowest BCUT2D eigenvalue weighted by atomic mass is 9.85. The minimum atomic E-state index is -6.23. The third-order valence-corrected chi connectivity index (χ3v) is 2.60. The number of Topliss-reactive ketones (excluding diaryl/α,β-unsaturated/α-hetero) is 1. The summed E-state index contributed by atoms with van der Waals surface area (Å²) in [5.74, 6) is -14.8. The van der Waals surface area contributed by atoms with E-state index in [1.165, 1.54) is 0 Å². The average molecular weight is 348 g/mol. The number of carbonyl (C=O) groups excluding carboxylic acids is 1. The number of allylic oxidation sites excluding steroid dienone is 1. The van der Waals surface area contributed by atoms with Gasteiger partial charge in [-0.3, -0.25) is 4.79 Å². The number of hydrogen-bond acceptors (Lipinski definition) is 4. The van der Waals surface area contributed by atoms with Crippen molar-refractivity contribution in [2.75, 3.05) is 0 Å². The number of alkyl halides is 9. The molecule has 0 aromatic carbocycles. The van der Waals surface area contributed by atoms with Gasteiger partial charge < -0.3 is 14.9 Å². The minimum Gasteiger partial charge on any atom is -0.448 e. The molecule has 0 aromatic rings. The molecule has 0 amide bonds. The normalized spacial score (nSPS) is 30.6. The number of rotatable bonds is 1. The molecule has 13 heteroatoms. The van der Waals surface area contributed by atoms with E-state index in [-0.39, 0.29) is 0 Å². The van der Waals surface area contributed by atoms with Gasteiger partial charge in [0.1, 0.15) is 5.92 Å². The van der Waals surface area contributed by atoms with Crippen LogP contribution in [0.15, 0.2) is 11.8 Å². The third kappa shape index (κ3) is 3.14. The number of ketones is 1. The highest BCUT2D eigenvalue weighted by molar-refractivity contribution is 5.88. The summed E-state index contributed by atoms with van der Waals surface area (Å²) in [6.07, 6.45) is -21.6. The number of ether oxygens (including phenoxy) is 1. The molecule has 128 valence electrons. The van der Waals surface area contributed by atoms with Crippen LogP contribution in [0.5, 0.6) is 0 Å². The number of aliphatic hydroxyl groups is 2. The maximum absolute atomic E-state index is 12.7. The van der Waals surface area contributed by atoms with Crippen LogP contribution in [0.25, 0.3) is 0 Å².